The molecule has 0 radical (unpaired) electrons. The molecular formula is C17H28N2O3S2. The highest BCUT2D eigenvalue weighted by Gasteiger charge is 2.27. The highest BCUT2D eigenvalue weighted by atomic mass is 32.2. The highest BCUT2D eigenvalue weighted by molar-refractivity contribution is 7.98. The van der Waals surface area contributed by atoms with Crippen LogP contribution in [-0.2, 0) is 14.8 Å². The first-order valence-corrected chi connectivity index (χ1v) is 11.0. The zero-order chi connectivity index (χ0) is 18.2. The quantitative estimate of drug-likeness (QED) is 0.686. The molecule has 5 nitrogen and oxygen atoms in total. The number of rotatable bonds is 10. The van der Waals surface area contributed by atoms with E-state index in [-0.39, 0.29) is 10.8 Å². The van der Waals surface area contributed by atoms with Crippen molar-refractivity contribution in [2.75, 3.05) is 25.6 Å². The molecule has 0 aliphatic carbocycles. The van der Waals surface area contributed by atoms with Crippen molar-refractivity contribution < 1.29 is 13.2 Å². The SMILES string of the molecule is CCCCN(C)C(=O)C(CCSC)NS(=O)(=O)c1ccc(C)cc1. The number of hydrogen-bond acceptors (Lipinski definition) is 4. The van der Waals surface area contributed by atoms with E-state index < -0.39 is 16.1 Å². The number of amides is 1. The van der Waals surface area contributed by atoms with E-state index in [1.54, 1.807) is 48.0 Å². The summed E-state index contributed by atoms with van der Waals surface area (Å²) >= 11 is 1.60. The second kappa shape index (κ2) is 10.1. The molecule has 0 bridgehead atoms. The number of nitrogens with zero attached hydrogens (tertiary/aromatic N) is 1. The molecule has 0 spiro atoms. The normalized spacial score (nSPS) is 12.8. The second-order valence-electron chi connectivity index (χ2n) is 5.88. The highest BCUT2D eigenvalue weighted by Crippen LogP contribution is 2.13. The first-order chi connectivity index (χ1) is 11.3. The van der Waals surface area contributed by atoms with Crippen LogP contribution in [0, 0.1) is 6.92 Å². The predicted molar refractivity (Wildman–Crippen MR) is 101 cm³/mol. The van der Waals surface area contributed by atoms with Crippen LogP contribution in [0.3, 0.4) is 0 Å². The van der Waals surface area contributed by atoms with Gasteiger partial charge in [0.2, 0.25) is 15.9 Å². The van der Waals surface area contributed by atoms with Gasteiger partial charge in [-0.3, -0.25) is 4.79 Å². The average molecular weight is 373 g/mol. The van der Waals surface area contributed by atoms with Crippen LogP contribution in [0.15, 0.2) is 29.2 Å². The Labute approximate surface area is 150 Å². The monoisotopic (exact) mass is 372 g/mol. The first kappa shape index (κ1) is 21.0. The molecule has 24 heavy (non-hydrogen) atoms. The number of hydrogen-bond donors (Lipinski definition) is 1. The molecule has 1 N–H and O–H groups in total. The van der Waals surface area contributed by atoms with Crippen molar-refractivity contribution in [2.45, 2.75) is 44.0 Å². The summed E-state index contributed by atoms with van der Waals surface area (Å²) < 4.78 is 27.7. The van der Waals surface area contributed by atoms with Crippen LogP contribution in [0.1, 0.15) is 31.7 Å². The van der Waals surface area contributed by atoms with Crippen LogP contribution in [0.5, 0.6) is 0 Å². The van der Waals surface area contributed by atoms with Gasteiger partial charge in [0, 0.05) is 13.6 Å². The fraction of sp³-hybridized carbons (Fsp3) is 0.588. The molecule has 1 atom stereocenters. The van der Waals surface area contributed by atoms with Gasteiger partial charge in [-0.15, -0.1) is 0 Å². The number of nitrogens with one attached hydrogen (secondary N) is 1. The van der Waals surface area contributed by atoms with Gasteiger partial charge in [0.15, 0.2) is 0 Å². The molecule has 1 unspecified atom stereocenters. The Balaban J connectivity index is 2.91. The summed E-state index contributed by atoms with van der Waals surface area (Å²) in [7, 11) is -1.99. The summed E-state index contributed by atoms with van der Waals surface area (Å²) in [5.41, 5.74) is 0.989. The molecule has 0 heterocycles. The Morgan fingerprint density at radius 3 is 2.46 bits per heavy atom. The third-order valence-corrected chi connectivity index (χ3v) is 5.89. The third-order valence-electron chi connectivity index (χ3n) is 3.76. The summed E-state index contributed by atoms with van der Waals surface area (Å²) in [6.45, 7) is 4.60. The smallest absolute Gasteiger partial charge is 0.241 e. The predicted octanol–water partition coefficient (Wildman–Crippen LogP) is 2.65. The summed E-state index contributed by atoms with van der Waals surface area (Å²) in [5, 5.41) is 0. The first-order valence-electron chi connectivity index (χ1n) is 8.14. The van der Waals surface area contributed by atoms with E-state index in [9.17, 15) is 13.2 Å². The van der Waals surface area contributed by atoms with Gasteiger partial charge in [-0.05, 0) is 43.9 Å². The minimum absolute atomic E-state index is 0.173. The van der Waals surface area contributed by atoms with Crippen LogP contribution in [0.2, 0.25) is 0 Å². The van der Waals surface area contributed by atoms with Crippen molar-refractivity contribution in [1.29, 1.82) is 0 Å². The van der Waals surface area contributed by atoms with E-state index in [2.05, 4.69) is 11.6 Å². The lowest BCUT2D eigenvalue weighted by Crippen LogP contribution is -2.47. The van der Waals surface area contributed by atoms with Gasteiger partial charge >= 0.3 is 0 Å². The van der Waals surface area contributed by atoms with Crippen molar-refractivity contribution in [3.05, 3.63) is 29.8 Å². The number of aryl methyl sites for hydroxylation is 1. The molecule has 136 valence electrons. The lowest BCUT2D eigenvalue weighted by Gasteiger charge is -2.24. The second-order valence-corrected chi connectivity index (χ2v) is 8.58. The number of likely N-dealkylation sites (N-methyl/N-ethyl adjacent to an activating group) is 1. The van der Waals surface area contributed by atoms with Gasteiger partial charge in [-0.1, -0.05) is 31.0 Å². The van der Waals surface area contributed by atoms with Crippen LogP contribution >= 0.6 is 11.8 Å². The van der Waals surface area contributed by atoms with Crippen molar-refractivity contribution >= 4 is 27.7 Å². The zero-order valence-corrected chi connectivity index (χ0v) is 16.5. The summed E-state index contributed by atoms with van der Waals surface area (Å²) in [6, 6.07) is 5.90. The van der Waals surface area contributed by atoms with Gasteiger partial charge in [-0.2, -0.15) is 16.5 Å². The summed E-state index contributed by atoms with van der Waals surface area (Å²) in [6.07, 6.45) is 4.31. The fourth-order valence-corrected chi connectivity index (χ4v) is 3.91. The zero-order valence-electron chi connectivity index (χ0n) is 14.9. The maximum absolute atomic E-state index is 12.6. The maximum atomic E-state index is 12.6. The standard InChI is InChI=1S/C17H28N2O3S2/c1-5-6-12-19(3)17(20)16(11-13-23-4)18-24(21,22)15-9-7-14(2)8-10-15/h7-10,16,18H,5-6,11-13H2,1-4H3. The average Bonchev–Trinajstić information content (AvgIpc) is 2.56. The van der Waals surface area contributed by atoms with Gasteiger partial charge in [-0.25, -0.2) is 8.42 Å². The largest absolute Gasteiger partial charge is 0.344 e. The Bertz CT molecular complexity index is 615. The molecule has 7 heteroatoms. The molecule has 1 aromatic carbocycles. The number of unbranched alkanes of at least 4 members (excludes halogenated alkanes) is 1. The van der Waals surface area contributed by atoms with E-state index in [4.69, 9.17) is 0 Å². The third kappa shape index (κ3) is 6.45. The summed E-state index contributed by atoms with van der Waals surface area (Å²) in [4.78, 5) is 14.4. The topological polar surface area (TPSA) is 66.5 Å². The number of carbonyl (C=O) groups is 1. The van der Waals surface area contributed by atoms with E-state index in [0.717, 1.165) is 18.4 Å². The molecule has 0 aromatic heterocycles. The van der Waals surface area contributed by atoms with Gasteiger partial charge in [0.05, 0.1) is 4.90 Å². The number of thioether (sulfide) groups is 1. The molecule has 0 aliphatic heterocycles. The maximum Gasteiger partial charge on any atom is 0.241 e. The van der Waals surface area contributed by atoms with Crippen molar-refractivity contribution in [1.82, 2.24) is 9.62 Å². The van der Waals surface area contributed by atoms with Crippen LogP contribution in [-0.4, -0.2) is 50.9 Å². The molecule has 1 amide bonds. The Hall–Kier alpha value is -1.05. The Morgan fingerprint density at radius 2 is 1.92 bits per heavy atom. The van der Waals surface area contributed by atoms with E-state index >= 15 is 0 Å². The van der Waals surface area contributed by atoms with Gasteiger partial charge in [0.1, 0.15) is 6.04 Å². The number of carbonyl (C=O) groups excluding carboxylic acids is 1. The molecule has 1 aromatic rings. The number of sulfonamides is 1. The van der Waals surface area contributed by atoms with Crippen molar-refractivity contribution in [3.8, 4) is 0 Å². The van der Waals surface area contributed by atoms with Crippen LogP contribution in [0.25, 0.3) is 0 Å². The molecule has 0 aliphatic rings. The molecule has 0 saturated heterocycles. The minimum Gasteiger partial charge on any atom is -0.344 e. The van der Waals surface area contributed by atoms with Crippen molar-refractivity contribution in [2.24, 2.45) is 0 Å². The molecular weight excluding hydrogens is 344 g/mol. The Kier molecular flexibility index (Phi) is 8.80. The van der Waals surface area contributed by atoms with Gasteiger partial charge < -0.3 is 4.90 Å². The molecule has 0 saturated carbocycles. The lowest BCUT2D eigenvalue weighted by molar-refractivity contribution is -0.131. The van der Waals surface area contributed by atoms with Crippen LogP contribution < -0.4 is 4.72 Å². The van der Waals surface area contributed by atoms with Gasteiger partial charge in [0.25, 0.3) is 0 Å². The van der Waals surface area contributed by atoms with E-state index in [0.29, 0.717) is 18.7 Å². The van der Waals surface area contributed by atoms with E-state index in [1.165, 1.54) is 0 Å². The van der Waals surface area contributed by atoms with Crippen LogP contribution in [0.4, 0.5) is 0 Å². The fourth-order valence-electron chi connectivity index (χ4n) is 2.21. The number of benzene rings is 1. The molecule has 1 rings (SSSR count). The van der Waals surface area contributed by atoms with Crippen molar-refractivity contribution in [3.63, 3.8) is 0 Å². The Morgan fingerprint density at radius 1 is 1.29 bits per heavy atom. The lowest BCUT2D eigenvalue weighted by atomic mass is 10.2. The molecule has 0 fully saturated rings. The summed E-state index contributed by atoms with van der Waals surface area (Å²) in [5.74, 6) is 0.544. The van der Waals surface area contributed by atoms with E-state index in [1.807, 2.05) is 13.2 Å². The minimum atomic E-state index is -3.71.